The number of hydrogen-bond donors (Lipinski definition) is 3. The molecule has 4 N–H and O–H groups in total. The van der Waals surface area contributed by atoms with Gasteiger partial charge in [0.25, 0.3) is 0 Å². The molecule has 0 bridgehead atoms. The molecule has 4 heteroatoms. The number of benzene rings is 2. The van der Waals surface area contributed by atoms with E-state index < -0.39 is 5.91 Å². The van der Waals surface area contributed by atoms with Gasteiger partial charge in [-0.1, -0.05) is 24.3 Å². The molecule has 0 aliphatic carbocycles. The number of aliphatic hydroxyl groups is 1. The molecule has 0 unspecified atom stereocenters. The van der Waals surface area contributed by atoms with E-state index in [1.807, 2.05) is 36.4 Å². The molecule has 104 valence electrons. The number of carbonyl (C=O) groups is 1. The van der Waals surface area contributed by atoms with Gasteiger partial charge in [-0.3, -0.25) is 4.79 Å². The van der Waals surface area contributed by atoms with E-state index in [1.165, 1.54) is 0 Å². The zero-order chi connectivity index (χ0) is 14.4. The molecule has 0 saturated heterocycles. The molecule has 0 aliphatic heterocycles. The van der Waals surface area contributed by atoms with Crippen LogP contribution in [0.1, 0.15) is 21.5 Å². The second-order valence-electron chi connectivity index (χ2n) is 4.59. The highest BCUT2D eigenvalue weighted by Gasteiger charge is 2.00. The van der Waals surface area contributed by atoms with Crippen molar-refractivity contribution in [2.24, 2.45) is 5.73 Å². The van der Waals surface area contributed by atoms with Crippen LogP contribution < -0.4 is 11.1 Å². The van der Waals surface area contributed by atoms with Crippen LogP contribution in [0.15, 0.2) is 48.5 Å². The van der Waals surface area contributed by atoms with Crippen molar-refractivity contribution in [2.45, 2.75) is 13.0 Å². The van der Waals surface area contributed by atoms with Gasteiger partial charge in [0.2, 0.25) is 5.91 Å². The van der Waals surface area contributed by atoms with Crippen molar-refractivity contribution in [2.75, 3.05) is 11.9 Å². The molecule has 0 fully saturated rings. The second-order valence-corrected chi connectivity index (χ2v) is 4.59. The van der Waals surface area contributed by atoms with Gasteiger partial charge in [0, 0.05) is 24.4 Å². The van der Waals surface area contributed by atoms with Crippen molar-refractivity contribution in [3.63, 3.8) is 0 Å². The molecule has 0 saturated carbocycles. The molecule has 0 aliphatic rings. The zero-order valence-corrected chi connectivity index (χ0v) is 11.2. The third kappa shape index (κ3) is 3.83. The fourth-order valence-electron chi connectivity index (χ4n) is 1.91. The molecule has 0 heterocycles. The predicted molar refractivity (Wildman–Crippen MR) is 79.5 cm³/mol. The van der Waals surface area contributed by atoms with Crippen molar-refractivity contribution in [3.05, 3.63) is 65.2 Å². The minimum absolute atomic E-state index is 0.166. The Morgan fingerprint density at radius 1 is 1.00 bits per heavy atom. The maximum atomic E-state index is 11.0. The van der Waals surface area contributed by atoms with Crippen molar-refractivity contribution >= 4 is 11.6 Å². The van der Waals surface area contributed by atoms with E-state index in [0.29, 0.717) is 18.5 Å². The number of amides is 1. The normalized spacial score (nSPS) is 10.2. The molecule has 1 amide bonds. The number of aliphatic hydroxyl groups excluding tert-OH is 1. The summed E-state index contributed by atoms with van der Waals surface area (Å²) in [7, 11) is 0. The lowest BCUT2D eigenvalue weighted by Gasteiger charge is -2.08. The molecule has 2 aromatic rings. The highest BCUT2D eigenvalue weighted by atomic mass is 16.2. The van der Waals surface area contributed by atoms with Crippen LogP contribution in [0.3, 0.4) is 0 Å². The van der Waals surface area contributed by atoms with Crippen LogP contribution >= 0.6 is 0 Å². The van der Waals surface area contributed by atoms with Crippen molar-refractivity contribution in [3.8, 4) is 0 Å². The Balaban J connectivity index is 1.92. The quantitative estimate of drug-likeness (QED) is 0.750. The first-order chi connectivity index (χ1) is 9.69. The number of carbonyl (C=O) groups excluding carboxylic acids is 1. The Kier molecular flexibility index (Phi) is 4.74. The molecule has 20 heavy (non-hydrogen) atoms. The number of nitrogens with two attached hydrogens (primary N) is 1. The van der Waals surface area contributed by atoms with Crippen molar-refractivity contribution in [1.82, 2.24) is 0 Å². The van der Waals surface area contributed by atoms with Gasteiger partial charge in [-0.2, -0.15) is 0 Å². The van der Waals surface area contributed by atoms with Crippen molar-refractivity contribution in [1.29, 1.82) is 0 Å². The van der Waals surface area contributed by atoms with Gasteiger partial charge in [-0.05, 0) is 41.8 Å². The summed E-state index contributed by atoms with van der Waals surface area (Å²) in [6.07, 6.45) is 0.675. The summed E-state index contributed by atoms with van der Waals surface area (Å²) in [5, 5.41) is 12.2. The van der Waals surface area contributed by atoms with Crippen LogP contribution in [0.2, 0.25) is 0 Å². The smallest absolute Gasteiger partial charge is 0.248 e. The first kappa shape index (κ1) is 14.1. The van der Waals surface area contributed by atoms with Gasteiger partial charge < -0.3 is 16.2 Å². The summed E-state index contributed by atoms with van der Waals surface area (Å²) >= 11 is 0. The molecule has 2 rings (SSSR count). The lowest BCUT2D eigenvalue weighted by atomic mass is 10.1. The van der Waals surface area contributed by atoms with Gasteiger partial charge >= 0.3 is 0 Å². The Morgan fingerprint density at radius 3 is 2.15 bits per heavy atom. The number of nitrogens with one attached hydrogen (secondary N) is 1. The van der Waals surface area contributed by atoms with Crippen LogP contribution in [0, 0.1) is 0 Å². The van der Waals surface area contributed by atoms with Gasteiger partial charge in [-0.15, -0.1) is 0 Å². The molecule has 4 nitrogen and oxygen atoms in total. The lowest BCUT2D eigenvalue weighted by Crippen LogP contribution is -2.10. The first-order valence-electron chi connectivity index (χ1n) is 6.51. The molecule has 0 radical (unpaired) electrons. The minimum atomic E-state index is -0.413. The standard InChI is InChI=1S/C16H18N2O2/c17-16(20)14-5-1-13(2-6-14)11-18-15-7-3-12(4-8-15)9-10-19/h1-8,18-19H,9-11H2,(H2,17,20). The van der Waals surface area contributed by atoms with Crippen LogP contribution in [0.5, 0.6) is 0 Å². The van der Waals surface area contributed by atoms with E-state index in [-0.39, 0.29) is 6.61 Å². The maximum Gasteiger partial charge on any atom is 0.248 e. The molecule has 2 aromatic carbocycles. The number of primary amides is 1. The summed E-state index contributed by atoms with van der Waals surface area (Å²) in [6.45, 7) is 0.845. The highest BCUT2D eigenvalue weighted by Crippen LogP contribution is 2.12. The zero-order valence-electron chi connectivity index (χ0n) is 11.2. The van der Waals surface area contributed by atoms with E-state index in [4.69, 9.17) is 10.8 Å². The van der Waals surface area contributed by atoms with Gasteiger partial charge in [0.15, 0.2) is 0 Å². The Morgan fingerprint density at radius 2 is 1.60 bits per heavy atom. The van der Waals surface area contributed by atoms with E-state index in [1.54, 1.807) is 12.1 Å². The second kappa shape index (κ2) is 6.73. The Hall–Kier alpha value is -2.33. The van der Waals surface area contributed by atoms with E-state index in [9.17, 15) is 4.79 Å². The largest absolute Gasteiger partial charge is 0.396 e. The minimum Gasteiger partial charge on any atom is -0.396 e. The summed E-state index contributed by atoms with van der Waals surface area (Å²) in [6, 6.07) is 15.2. The average Bonchev–Trinajstić information content (AvgIpc) is 2.47. The molecule has 0 aromatic heterocycles. The lowest BCUT2D eigenvalue weighted by molar-refractivity contribution is 0.100. The van der Waals surface area contributed by atoms with E-state index >= 15 is 0 Å². The van der Waals surface area contributed by atoms with Gasteiger partial charge in [0.1, 0.15) is 0 Å². The highest BCUT2D eigenvalue weighted by molar-refractivity contribution is 5.92. The van der Waals surface area contributed by atoms with Crippen LogP contribution in [-0.2, 0) is 13.0 Å². The summed E-state index contributed by atoms with van der Waals surface area (Å²) in [5.41, 5.74) is 8.92. The van der Waals surface area contributed by atoms with Crippen LogP contribution in [0.4, 0.5) is 5.69 Å². The molecular formula is C16H18N2O2. The topological polar surface area (TPSA) is 75.4 Å². The Labute approximate surface area is 118 Å². The monoisotopic (exact) mass is 270 g/mol. The maximum absolute atomic E-state index is 11.0. The van der Waals surface area contributed by atoms with Crippen LogP contribution in [0.25, 0.3) is 0 Å². The fourth-order valence-corrected chi connectivity index (χ4v) is 1.91. The van der Waals surface area contributed by atoms with Gasteiger partial charge in [0.05, 0.1) is 0 Å². The fraction of sp³-hybridized carbons (Fsp3) is 0.188. The summed E-state index contributed by atoms with van der Waals surface area (Å²) in [5.74, 6) is -0.413. The first-order valence-corrected chi connectivity index (χ1v) is 6.51. The van der Waals surface area contributed by atoms with Crippen LogP contribution in [-0.4, -0.2) is 17.6 Å². The third-order valence-corrected chi connectivity index (χ3v) is 3.09. The average molecular weight is 270 g/mol. The molecule has 0 atom stereocenters. The third-order valence-electron chi connectivity index (χ3n) is 3.09. The Bertz CT molecular complexity index is 562. The summed E-state index contributed by atoms with van der Waals surface area (Å²) < 4.78 is 0. The summed E-state index contributed by atoms with van der Waals surface area (Å²) in [4.78, 5) is 11.0. The van der Waals surface area contributed by atoms with Gasteiger partial charge in [-0.25, -0.2) is 0 Å². The van der Waals surface area contributed by atoms with E-state index in [2.05, 4.69) is 5.32 Å². The molecule has 0 spiro atoms. The number of rotatable bonds is 6. The molecular weight excluding hydrogens is 252 g/mol. The number of anilines is 1. The number of hydrogen-bond acceptors (Lipinski definition) is 3. The van der Waals surface area contributed by atoms with Crippen molar-refractivity contribution < 1.29 is 9.90 Å². The SMILES string of the molecule is NC(=O)c1ccc(CNc2ccc(CCO)cc2)cc1. The predicted octanol–water partition coefficient (Wildman–Crippen LogP) is 1.93. The van der Waals surface area contributed by atoms with E-state index in [0.717, 1.165) is 16.8 Å².